The summed E-state index contributed by atoms with van der Waals surface area (Å²) in [5.74, 6) is 0.340. The SMILES string of the molecule is COCCCc1cc(CN(C(=O)[C@H]2CNCCC2C2=CC(=O)CC=C2)C2CC2)cc(Br)c1C.Cl. The summed E-state index contributed by atoms with van der Waals surface area (Å²) in [6.45, 7) is 5.08. The molecule has 3 aliphatic rings. The first kappa shape index (κ1) is 27.1. The van der Waals surface area contributed by atoms with Crippen molar-refractivity contribution in [1.29, 1.82) is 0 Å². The molecular weight excluding hydrogens is 516 g/mol. The number of carbonyl (C=O) groups is 2. The van der Waals surface area contributed by atoms with Crippen LogP contribution in [0.4, 0.5) is 0 Å². The quantitative estimate of drug-likeness (QED) is 0.442. The topological polar surface area (TPSA) is 58.6 Å². The van der Waals surface area contributed by atoms with Gasteiger partial charge in [-0.3, -0.25) is 9.59 Å². The Hall–Kier alpha value is -1.47. The third-order valence-electron chi connectivity index (χ3n) is 7.11. The third-order valence-corrected chi connectivity index (χ3v) is 7.94. The zero-order chi connectivity index (χ0) is 23.4. The Morgan fingerprint density at radius 2 is 2.06 bits per heavy atom. The number of carbonyl (C=O) groups excluding carboxylic acids is 2. The minimum Gasteiger partial charge on any atom is -0.385 e. The largest absolute Gasteiger partial charge is 0.385 e. The lowest BCUT2D eigenvalue weighted by atomic mass is 9.78. The Morgan fingerprint density at radius 3 is 2.76 bits per heavy atom. The minimum absolute atomic E-state index is 0. The predicted molar refractivity (Wildman–Crippen MR) is 141 cm³/mol. The predicted octanol–water partition coefficient (Wildman–Crippen LogP) is 4.93. The van der Waals surface area contributed by atoms with Gasteiger partial charge in [0.05, 0.1) is 5.92 Å². The first-order valence-electron chi connectivity index (χ1n) is 12.2. The fourth-order valence-electron chi connectivity index (χ4n) is 5.09. The van der Waals surface area contributed by atoms with E-state index < -0.39 is 0 Å². The van der Waals surface area contributed by atoms with Crippen LogP contribution in [0.25, 0.3) is 0 Å². The Morgan fingerprint density at radius 1 is 1.26 bits per heavy atom. The van der Waals surface area contributed by atoms with Gasteiger partial charge in [-0.2, -0.15) is 0 Å². The standard InChI is InChI=1S/C27H35BrN2O3.ClH/c1-18-20(6-4-12-33-2)13-19(14-26(18)28)17-30(22-8-9-22)27(32)25-16-29-11-10-24(25)21-5-3-7-23(31)15-21;/h3,5,13-15,22,24-25,29H,4,6-12,16-17H2,1-2H3;1H/t24?,25-;/m0./s1. The van der Waals surface area contributed by atoms with Crippen LogP contribution in [0.5, 0.6) is 0 Å². The fraction of sp³-hybridized carbons (Fsp3) is 0.556. The second kappa shape index (κ2) is 12.5. The van der Waals surface area contributed by atoms with Crippen LogP contribution in [0.3, 0.4) is 0 Å². The summed E-state index contributed by atoms with van der Waals surface area (Å²) in [5, 5.41) is 3.43. The maximum atomic E-state index is 13.9. The van der Waals surface area contributed by atoms with Gasteiger partial charge in [0.15, 0.2) is 5.78 Å². The first-order chi connectivity index (χ1) is 16.0. The zero-order valence-electron chi connectivity index (χ0n) is 20.1. The van der Waals surface area contributed by atoms with E-state index in [0.717, 1.165) is 55.3 Å². The number of piperidine rings is 1. The van der Waals surface area contributed by atoms with Gasteiger partial charge < -0.3 is 15.0 Å². The number of ether oxygens (including phenoxy) is 1. The van der Waals surface area contributed by atoms with Crippen molar-refractivity contribution in [3.63, 3.8) is 0 Å². The number of aryl methyl sites for hydroxylation is 1. The van der Waals surface area contributed by atoms with Gasteiger partial charge in [0, 0.05) is 43.7 Å². The average Bonchev–Trinajstić information content (AvgIpc) is 3.65. The molecule has 2 atom stereocenters. The third kappa shape index (κ3) is 6.60. The van der Waals surface area contributed by atoms with Crippen LogP contribution in [0.2, 0.25) is 0 Å². The fourth-order valence-corrected chi connectivity index (χ4v) is 5.64. The molecular formula is C27H36BrClN2O3. The molecule has 1 aromatic rings. The molecule has 0 aromatic heterocycles. The van der Waals surface area contributed by atoms with Crippen molar-refractivity contribution in [2.24, 2.45) is 11.8 Å². The normalized spacial score (nSPS) is 22.2. The van der Waals surface area contributed by atoms with E-state index in [9.17, 15) is 9.59 Å². The van der Waals surface area contributed by atoms with Gasteiger partial charge in [-0.05, 0) is 85.9 Å². The van der Waals surface area contributed by atoms with Crippen LogP contribution in [-0.4, -0.2) is 49.4 Å². The number of benzene rings is 1. The number of nitrogens with zero attached hydrogens (tertiary/aromatic N) is 1. The molecule has 1 N–H and O–H groups in total. The van der Waals surface area contributed by atoms with Gasteiger partial charge in [-0.1, -0.05) is 34.1 Å². The highest BCUT2D eigenvalue weighted by molar-refractivity contribution is 9.10. The number of methoxy groups -OCH3 is 1. The molecule has 2 fully saturated rings. The van der Waals surface area contributed by atoms with Gasteiger partial charge in [-0.25, -0.2) is 0 Å². The lowest BCUT2D eigenvalue weighted by molar-refractivity contribution is -0.138. The molecule has 1 aromatic carbocycles. The summed E-state index contributed by atoms with van der Waals surface area (Å²) in [5.41, 5.74) is 4.78. The average molecular weight is 552 g/mol. The van der Waals surface area contributed by atoms with E-state index in [4.69, 9.17) is 4.74 Å². The Labute approximate surface area is 217 Å². The summed E-state index contributed by atoms with van der Waals surface area (Å²) in [6.07, 6.45) is 11.2. The van der Waals surface area contributed by atoms with Crippen LogP contribution in [0.1, 0.15) is 48.8 Å². The molecule has 0 radical (unpaired) electrons. The van der Waals surface area contributed by atoms with E-state index in [2.05, 4.69) is 51.3 Å². The number of amides is 1. The second-order valence-electron chi connectivity index (χ2n) is 9.58. The van der Waals surface area contributed by atoms with Gasteiger partial charge in [-0.15, -0.1) is 12.4 Å². The van der Waals surface area contributed by atoms with Crippen molar-refractivity contribution < 1.29 is 14.3 Å². The molecule has 7 heteroatoms. The number of nitrogens with one attached hydrogen (secondary N) is 1. The smallest absolute Gasteiger partial charge is 0.228 e. The number of halogens is 2. The number of hydrogen-bond acceptors (Lipinski definition) is 4. The Kier molecular flexibility index (Phi) is 9.95. The Balaban J connectivity index is 0.00000324. The van der Waals surface area contributed by atoms with E-state index in [0.29, 0.717) is 25.6 Å². The molecule has 1 unspecified atom stereocenters. The van der Waals surface area contributed by atoms with E-state index in [1.54, 1.807) is 13.2 Å². The van der Waals surface area contributed by atoms with Crippen LogP contribution < -0.4 is 5.32 Å². The van der Waals surface area contributed by atoms with Gasteiger partial charge in [0.2, 0.25) is 5.91 Å². The first-order valence-corrected chi connectivity index (χ1v) is 13.0. The van der Waals surface area contributed by atoms with E-state index in [1.165, 1.54) is 16.7 Å². The molecule has 2 aliphatic carbocycles. The number of hydrogen-bond donors (Lipinski definition) is 1. The molecule has 0 bridgehead atoms. The van der Waals surface area contributed by atoms with Crippen molar-refractivity contribution in [3.05, 3.63) is 57.1 Å². The Bertz CT molecular complexity index is 957. The highest BCUT2D eigenvalue weighted by Crippen LogP contribution is 2.36. The molecule has 1 heterocycles. The molecule has 186 valence electrons. The molecule has 1 amide bonds. The van der Waals surface area contributed by atoms with Crippen LogP contribution in [-0.2, 0) is 27.3 Å². The van der Waals surface area contributed by atoms with Gasteiger partial charge in [0.1, 0.15) is 0 Å². The molecule has 1 saturated heterocycles. The van der Waals surface area contributed by atoms with E-state index >= 15 is 0 Å². The second-order valence-corrected chi connectivity index (χ2v) is 10.4. The van der Waals surface area contributed by atoms with E-state index in [-0.39, 0.29) is 35.9 Å². The molecule has 1 saturated carbocycles. The molecule has 0 spiro atoms. The van der Waals surface area contributed by atoms with Crippen molar-refractivity contribution in [2.75, 3.05) is 26.8 Å². The van der Waals surface area contributed by atoms with E-state index in [1.807, 2.05) is 6.08 Å². The maximum absolute atomic E-state index is 13.9. The molecule has 4 rings (SSSR count). The molecule has 5 nitrogen and oxygen atoms in total. The maximum Gasteiger partial charge on any atom is 0.228 e. The summed E-state index contributed by atoms with van der Waals surface area (Å²) in [7, 11) is 1.74. The molecule has 1 aliphatic heterocycles. The highest BCUT2D eigenvalue weighted by atomic mass is 79.9. The number of ketones is 1. The summed E-state index contributed by atoms with van der Waals surface area (Å²) >= 11 is 3.74. The summed E-state index contributed by atoms with van der Waals surface area (Å²) in [4.78, 5) is 28.0. The van der Waals surface area contributed by atoms with Crippen LogP contribution in [0.15, 0.2) is 40.4 Å². The van der Waals surface area contributed by atoms with Gasteiger partial charge in [0.25, 0.3) is 0 Å². The van der Waals surface area contributed by atoms with Crippen molar-refractivity contribution in [1.82, 2.24) is 10.2 Å². The van der Waals surface area contributed by atoms with Crippen molar-refractivity contribution >= 4 is 40.0 Å². The lowest BCUT2D eigenvalue weighted by Crippen LogP contribution is -2.48. The molecule has 34 heavy (non-hydrogen) atoms. The zero-order valence-corrected chi connectivity index (χ0v) is 22.6. The monoisotopic (exact) mass is 550 g/mol. The van der Waals surface area contributed by atoms with Crippen molar-refractivity contribution in [2.45, 2.75) is 58.0 Å². The summed E-state index contributed by atoms with van der Waals surface area (Å²) in [6, 6.07) is 4.76. The summed E-state index contributed by atoms with van der Waals surface area (Å²) < 4.78 is 6.33. The van der Waals surface area contributed by atoms with Crippen LogP contribution in [0, 0.1) is 18.8 Å². The van der Waals surface area contributed by atoms with Gasteiger partial charge >= 0.3 is 0 Å². The minimum atomic E-state index is -0.129. The lowest BCUT2D eigenvalue weighted by Gasteiger charge is -2.36. The van der Waals surface area contributed by atoms with Crippen LogP contribution >= 0.6 is 28.3 Å². The highest BCUT2D eigenvalue weighted by Gasteiger charge is 2.40. The van der Waals surface area contributed by atoms with Crippen molar-refractivity contribution in [3.8, 4) is 0 Å². The number of rotatable bonds is 9. The number of allylic oxidation sites excluding steroid dienone is 4.